The molecular formula is C18H24ClN3O3. The average molecular weight is 366 g/mol. The maximum absolute atomic E-state index is 13.3. The molecule has 7 heteroatoms. The quantitative estimate of drug-likeness (QED) is 0.754. The molecule has 2 aliphatic rings. The van der Waals surface area contributed by atoms with Crippen LogP contribution in [0.25, 0.3) is 0 Å². The summed E-state index contributed by atoms with van der Waals surface area (Å²) in [5, 5.41) is 6.95. The number of piperidine rings is 1. The third-order valence-electron chi connectivity index (χ3n) is 5.18. The molecule has 3 amide bonds. The van der Waals surface area contributed by atoms with Gasteiger partial charge in [-0.1, -0.05) is 29.8 Å². The van der Waals surface area contributed by atoms with Crippen molar-refractivity contribution in [1.82, 2.24) is 15.5 Å². The number of nitrogens with one attached hydrogen (secondary N) is 2. The van der Waals surface area contributed by atoms with Gasteiger partial charge in [0.2, 0.25) is 0 Å². The summed E-state index contributed by atoms with van der Waals surface area (Å²) in [6, 6.07) is 7.16. The topological polar surface area (TPSA) is 70.7 Å². The Morgan fingerprint density at radius 3 is 2.68 bits per heavy atom. The molecule has 0 bridgehead atoms. The van der Waals surface area contributed by atoms with Crippen LogP contribution < -0.4 is 10.6 Å². The Kier molecular flexibility index (Phi) is 5.61. The van der Waals surface area contributed by atoms with Gasteiger partial charge in [-0.2, -0.15) is 0 Å². The van der Waals surface area contributed by atoms with Crippen LogP contribution in [0.5, 0.6) is 0 Å². The number of nitrogens with zero attached hydrogens (tertiary/aromatic N) is 1. The second-order valence-electron chi connectivity index (χ2n) is 6.64. The van der Waals surface area contributed by atoms with Gasteiger partial charge in [0.1, 0.15) is 5.54 Å². The van der Waals surface area contributed by atoms with Gasteiger partial charge in [-0.25, -0.2) is 4.79 Å². The van der Waals surface area contributed by atoms with Gasteiger partial charge in [-0.15, -0.1) is 0 Å². The number of imide groups is 1. The fraction of sp³-hybridized carbons (Fsp3) is 0.556. The van der Waals surface area contributed by atoms with E-state index in [1.165, 1.54) is 4.90 Å². The van der Waals surface area contributed by atoms with Gasteiger partial charge < -0.3 is 15.4 Å². The predicted octanol–water partition coefficient (Wildman–Crippen LogP) is 1.82. The van der Waals surface area contributed by atoms with E-state index in [4.69, 9.17) is 16.3 Å². The Hall–Kier alpha value is -1.63. The number of urea groups is 1. The van der Waals surface area contributed by atoms with Gasteiger partial charge in [-0.05, 0) is 43.5 Å². The standard InChI is InChI=1S/C18H24ClN3O3/c1-25-11-10-22-16(23)18(21-17(22)24,14-6-8-20-9-7-14)12-13-4-2-3-5-15(13)19/h2-5,14,20H,6-12H2,1H3,(H,21,24). The minimum Gasteiger partial charge on any atom is -0.383 e. The maximum atomic E-state index is 13.3. The zero-order chi connectivity index (χ0) is 17.9. The molecule has 6 nitrogen and oxygen atoms in total. The number of halogens is 1. The number of carbonyl (C=O) groups is 2. The normalized spacial score (nSPS) is 24.6. The summed E-state index contributed by atoms with van der Waals surface area (Å²) in [6.07, 6.45) is 2.09. The van der Waals surface area contributed by atoms with Gasteiger partial charge in [-0.3, -0.25) is 9.69 Å². The highest BCUT2D eigenvalue weighted by Gasteiger charge is 2.55. The molecule has 0 saturated carbocycles. The molecule has 3 rings (SSSR count). The Morgan fingerprint density at radius 2 is 2.00 bits per heavy atom. The first kappa shape index (κ1) is 18.2. The second-order valence-corrected chi connectivity index (χ2v) is 7.05. The number of hydrogen-bond donors (Lipinski definition) is 2. The molecule has 2 aliphatic heterocycles. The van der Waals surface area contributed by atoms with E-state index in [2.05, 4.69) is 10.6 Å². The van der Waals surface area contributed by atoms with Crippen molar-refractivity contribution in [2.24, 2.45) is 5.92 Å². The van der Waals surface area contributed by atoms with Gasteiger partial charge in [0.25, 0.3) is 5.91 Å². The van der Waals surface area contributed by atoms with Gasteiger partial charge in [0, 0.05) is 18.6 Å². The fourth-order valence-corrected chi connectivity index (χ4v) is 4.03. The van der Waals surface area contributed by atoms with E-state index in [0.717, 1.165) is 31.5 Å². The number of benzene rings is 1. The van der Waals surface area contributed by atoms with Crippen molar-refractivity contribution in [3.8, 4) is 0 Å². The lowest BCUT2D eigenvalue weighted by atomic mass is 9.74. The molecule has 2 heterocycles. The molecule has 25 heavy (non-hydrogen) atoms. The van der Waals surface area contributed by atoms with Gasteiger partial charge in [0.15, 0.2) is 0 Å². The maximum Gasteiger partial charge on any atom is 0.325 e. The third-order valence-corrected chi connectivity index (χ3v) is 5.55. The highest BCUT2D eigenvalue weighted by molar-refractivity contribution is 6.31. The third kappa shape index (κ3) is 3.52. The Labute approximate surface area is 152 Å². The fourth-order valence-electron chi connectivity index (χ4n) is 3.83. The molecule has 0 aliphatic carbocycles. The Bertz CT molecular complexity index is 648. The summed E-state index contributed by atoms with van der Waals surface area (Å²) in [5.74, 6) is -0.0876. The van der Waals surface area contributed by atoms with Crippen LogP contribution in [-0.4, -0.2) is 55.7 Å². The largest absolute Gasteiger partial charge is 0.383 e. The molecule has 2 saturated heterocycles. The van der Waals surface area contributed by atoms with Crippen LogP contribution in [-0.2, 0) is 16.0 Å². The van der Waals surface area contributed by atoms with Crippen molar-refractivity contribution in [1.29, 1.82) is 0 Å². The van der Waals surface area contributed by atoms with Crippen molar-refractivity contribution in [3.05, 3.63) is 34.9 Å². The first-order valence-corrected chi connectivity index (χ1v) is 9.03. The Morgan fingerprint density at radius 1 is 1.28 bits per heavy atom. The van der Waals surface area contributed by atoms with Crippen LogP contribution in [0.4, 0.5) is 4.79 Å². The van der Waals surface area contributed by atoms with Gasteiger partial charge in [0.05, 0.1) is 13.2 Å². The summed E-state index contributed by atoms with van der Waals surface area (Å²) in [6.45, 7) is 2.27. The summed E-state index contributed by atoms with van der Waals surface area (Å²) in [4.78, 5) is 27.1. The number of carbonyl (C=O) groups excluding carboxylic acids is 2. The van der Waals surface area contributed by atoms with Gasteiger partial charge >= 0.3 is 6.03 Å². The van der Waals surface area contributed by atoms with Crippen molar-refractivity contribution < 1.29 is 14.3 Å². The van der Waals surface area contributed by atoms with Crippen molar-refractivity contribution in [2.45, 2.75) is 24.8 Å². The summed E-state index contributed by atoms with van der Waals surface area (Å²) in [5.41, 5.74) is -0.0530. The van der Waals surface area contributed by atoms with Crippen LogP contribution in [0.15, 0.2) is 24.3 Å². The number of ether oxygens (including phenoxy) is 1. The van der Waals surface area contributed by atoms with Crippen LogP contribution in [0.3, 0.4) is 0 Å². The molecule has 1 aromatic carbocycles. The number of rotatable bonds is 6. The average Bonchev–Trinajstić information content (AvgIpc) is 2.87. The minimum absolute atomic E-state index is 0.0778. The predicted molar refractivity (Wildman–Crippen MR) is 95.6 cm³/mol. The summed E-state index contributed by atoms with van der Waals surface area (Å²) >= 11 is 6.34. The van der Waals surface area contributed by atoms with E-state index in [0.29, 0.717) is 18.1 Å². The molecule has 1 unspecified atom stereocenters. The van der Waals surface area contributed by atoms with E-state index in [-0.39, 0.29) is 24.4 Å². The van der Waals surface area contributed by atoms with E-state index in [9.17, 15) is 9.59 Å². The minimum atomic E-state index is -0.933. The second kappa shape index (κ2) is 7.72. The van der Waals surface area contributed by atoms with Crippen LogP contribution in [0.2, 0.25) is 5.02 Å². The van der Waals surface area contributed by atoms with Crippen LogP contribution >= 0.6 is 11.6 Å². The van der Waals surface area contributed by atoms with E-state index in [1.807, 2.05) is 24.3 Å². The Balaban J connectivity index is 1.94. The van der Waals surface area contributed by atoms with E-state index in [1.54, 1.807) is 7.11 Å². The first-order valence-electron chi connectivity index (χ1n) is 8.65. The first-order chi connectivity index (χ1) is 12.1. The molecule has 1 atom stereocenters. The molecule has 2 fully saturated rings. The van der Waals surface area contributed by atoms with E-state index < -0.39 is 5.54 Å². The molecule has 0 aromatic heterocycles. The molecule has 0 spiro atoms. The molecule has 136 valence electrons. The lowest BCUT2D eigenvalue weighted by Crippen LogP contribution is -2.57. The summed E-state index contributed by atoms with van der Waals surface area (Å²) < 4.78 is 5.05. The number of methoxy groups -OCH3 is 1. The van der Waals surface area contributed by atoms with Crippen LogP contribution in [0.1, 0.15) is 18.4 Å². The summed E-state index contributed by atoms with van der Waals surface area (Å²) in [7, 11) is 1.56. The molecular weight excluding hydrogens is 342 g/mol. The monoisotopic (exact) mass is 365 g/mol. The number of hydrogen-bond acceptors (Lipinski definition) is 4. The highest BCUT2D eigenvalue weighted by atomic mass is 35.5. The van der Waals surface area contributed by atoms with Crippen molar-refractivity contribution in [2.75, 3.05) is 33.4 Å². The lowest BCUT2D eigenvalue weighted by Gasteiger charge is -2.38. The SMILES string of the molecule is COCCN1C(=O)NC(Cc2ccccc2Cl)(C2CCNCC2)C1=O. The number of amides is 3. The molecule has 2 N–H and O–H groups in total. The van der Waals surface area contributed by atoms with Crippen molar-refractivity contribution in [3.63, 3.8) is 0 Å². The van der Waals surface area contributed by atoms with E-state index >= 15 is 0 Å². The smallest absolute Gasteiger partial charge is 0.325 e. The highest BCUT2D eigenvalue weighted by Crippen LogP contribution is 2.36. The van der Waals surface area contributed by atoms with Crippen molar-refractivity contribution >= 4 is 23.5 Å². The zero-order valence-electron chi connectivity index (χ0n) is 14.4. The molecule has 0 radical (unpaired) electrons. The zero-order valence-corrected chi connectivity index (χ0v) is 15.1. The van der Waals surface area contributed by atoms with Crippen LogP contribution in [0, 0.1) is 5.92 Å². The molecule has 1 aromatic rings. The lowest BCUT2D eigenvalue weighted by molar-refractivity contribution is -0.134.